The SMILES string of the molecule is CC(=O)c1[nH]c(C)c(C(=O)NCc2ccc3c(c2)OCCCO3)c1C. The summed E-state index contributed by atoms with van der Waals surface area (Å²) in [5, 5.41) is 2.90. The van der Waals surface area contributed by atoms with E-state index in [2.05, 4.69) is 10.3 Å². The zero-order valence-electron chi connectivity index (χ0n) is 14.7. The largest absolute Gasteiger partial charge is 0.490 e. The van der Waals surface area contributed by atoms with Crippen LogP contribution in [0.15, 0.2) is 18.2 Å². The Morgan fingerprint density at radius 1 is 1.16 bits per heavy atom. The molecule has 0 bridgehead atoms. The lowest BCUT2D eigenvalue weighted by atomic mass is 10.1. The summed E-state index contributed by atoms with van der Waals surface area (Å²) in [7, 11) is 0. The minimum atomic E-state index is -0.203. The molecule has 2 N–H and O–H groups in total. The molecule has 1 aromatic carbocycles. The number of carbonyl (C=O) groups is 2. The molecule has 132 valence electrons. The number of nitrogens with one attached hydrogen (secondary N) is 2. The van der Waals surface area contributed by atoms with Gasteiger partial charge in [0.25, 0.3) is 5.91 Å². The minimum absolute atomic E-state index is 0.0810. The van der Waals surface area contributed by atoms with Crippen molar-refractivity contribution < 1.29 is 19.1 Å². The molecule has 2 aromatic rings. The van der Waals surface area contributed by atoms with Crippen molar-refractivity contribution in [1.82, 2.24) is 10.3 Å². The third kappa shape index (κ3) is 3.52. The average Bonchev–Trinajstić information content (AvgIpc) is 2.75. The maximum absolute atomic E-state index is 12.5. The highest BCUT2D eigenvalue weighted by Gasteiger charge is 2.20. The molecular formula is C19H22N2O4. The summed E-state index contributed by atoms with van der Waals surface area (Å²) < 4.78 is 11.3. The van der Waals surface area contributed by atoms with Crippen molar-refractivity contribution >= 4 is 11.7 Å². The number of amides is 1. The molecule has 1 aromatic heterocycles. The van der Waals surface area contributed by atoms with Crippen LogP contribution >= 0.6 is 0 Å². The van der Waals surface area contributed by atoms with Crippen LogP contribution in [0.1, 0.15) is 51.0 Å². The number of H-pyrrole nitrogens is 1. The molecule has 2 heterocycles. The fraction of sp³-hybridized carbons (Fsp3) is 0.368. The third-order valence-corrected chi connectivity index (χ3v) is 4.28. The number of hydrogen-bond acceptors (Lipinski definition) is 4. The molecule has 0 atom stereocenters. The minimum Gasteiger partial charge on any atom is -0.490 e. The number of carbonyl (C=O) groups excluding carboxylic acids is 2. The van der Waals surface area contributed by atoms with Gasteiger partial charge in [-0.15, -0.1) is 0 Å². The molecule has 1 aliphatic rings. The molecule has 6 heteroatoms. The van der Waals surface area contributed by atoms with E-state index in [-0.39, 0.29) is 11.7 Å². The number of Topliss-reactive ketones (excluding diaryl/α,β-unsaturated/α-hetero) is 1. The van der Waals surface area contributed by atoms with Crippen molar-refractivity contribution in [2.45, 2.75) is 33.7 Å². The van der Waals surface area contributed by atoms with E-state index in [0.29, 0.717) is 48.0 Å². The average molecular weight is 342 g/mol. The van der Waals surface area contributed by atoms with Gasteiger partial charge in [-0.3, -0.25) is 9.59 Å². The summed E-state index contributed by atoms with van der Waals surface area (Å²) in [4.78, 5) is 27.1. The van der Waals surface area contributed by atoms with Gasteiger partial charge in [0, 0.05) is 25.6 Å². The highest BCUT2D eigenvalue weighted by molar-refractivity contribution is 6.02. The Balaban J connectivity index is 1.73. The highest BCUT2D eigenvalue weighted by atomic mass is 16.5. The molecule has 6 nitrogen and oxygen atoms in total. The van der Waals surface area contributed by atoms with Crippen molar-refractivity contribution in [1.29, 1.82) is 0 Å². The monoisotopic (exact) mass is 342 g/mol. The number of aromatic amines is 1. The second-order valence-electron chi connectivity index (χ2n) is 6.20. The van der Waals surface area contributed by atoms with E-state index in [1.165, 1.54) is 6.92 Å². The van der Waals surface area contributed by atoms with Crippen molar-refractivity contribution in [3.63, 3.8) is 0 Å². The number of rotatable bonds is 4. The predicted octanol–water partition coefficient (Wildman–Crippen LogP) is 2.93. The van der Waals surface area contributed by atoms with Gasteiger partial charge in [0.05, 0.1) is 24.5 Å². The topological polar surface area (TPSA) is 80.4 Å². The van der Waals surface area contributed by atoms with Crippen LogP contribution in [0, 0.1) is 13.8 Å². The summed E-state index contributed by atoms with van der Waals surface area (Å²) in [5.74, 6) is 1.15. The third-order valence-electron chi connectivity index (χ3n) is 4.28. The Bertz CT molecular complexity index is 823. The standard InChI is InChI=1S/C19H22N2O4/c1-11-17(12(2)21-18(11)13(3)22)19(23)20-10-14-5-6-15-16(9-14)25-8-4-7-24-15/h5-6,9,21H,4,7-8,10H2,1-3H3,(H,20,23). The summed E-state index contributed by atoms with van der Waals surface area (Å²) in [6.07, 6.45) is 0.852. The number of ketones is 1. The van der Waals surface area contributed by atoms with Crippen LogP contribution in [0.4, 0.5) is 0 Å². The Kier molecular flexibility index (Phi) is 4.79. The molecule has 0 fully saturated rings. The summed E-state index contributed by atoms with van der Waals surface area (Å²) >= 11 is 0. The second-order valence-corrected chi connectivity index (χ2v) is 6.20. The van der Waals surface area contributed by atoms with Crippen LogP contribution in [0.5, 0.6) is 11.5 Å². The predicted molar refractivity (Wildman–Crippen MR) is 93.5 cm³/mol. The number of fused-ring (bicyclic) bond motifs is 1. The quantitative estimate of drug-likeness (QED) is 0.837. The number of hydrogen-bond donors (Lipinski definition) is 2. The van der Waals surface area contributed by atoms with E-state index in [4.69, 9.17) is 9.47 Å². The smallest absolute Gasteiger partial charge is 0.253 e. The fourth-order valence-corrected chi connectivity index (χ4v) is 3.03. The first-order valence-electron chi connectivity index (χ1n) is 8.34. The summed E-state index contributed by atoms with van der Waals surface area (Å²) in [6.45, 7) is 6.70. The van der Waals surface area contributed by atoms with E-state index in [1.807, 2.05) is 18.2 Å². The molecule has 3 rings (SSSR count). The van der Waals surface area contributed by atoms with Gasteiger partial charge < -0.3 is 19.8 Å². The molecule has 0 aliphatic carbocycles. The first-order valence-corrected chi connectivity index (χ1v) is 8.34. The molecule has 0 unspecified atom stereocenters. The van der Waals surface area contributed by atoms with Gasteiger partial charge in [0.2, 0.25) is 0 Å². The number of ether oxygens (including phenoxy) is 2. The Hall–Kier alpha value is -2.76. The van der Waals surface area contributed by atoms with Crippen LogP contribution in [0.2, 0.25) is 0 Å². The van der Waals surface area contributed by atoms with E-state index in [0.717, 1.165) is 17.7 Å². The zero-order valence-corrected chi connectivity index (χ0v) is 14.7. The van der Waals surface area contributed by atoms with Gasteiger partial charge in [-0.2, -0.15) is 0 Å². The summed E-state index contributed by atoms with van der Waals surface area (Å²) in [5.41, 5.74) is 3.31. The maximum Gasteiger partial charge on any atom is 0.253 e. The zero-order chi connectivity index (χ0) is 18.0. The molecule has 0 spiro atoms. The lowest BCUT2D eigenvalue weighted by Gasteiger charge is -2.10. The van der Waals surface area contributed by atoms with E-state index in [9.17, 15) is 9.59 Å². The highest BCUT2D eigenvalue weighted by Crippen LogP contribution is 2.30. The number of aromatic nitrogens is 1. The normalized spacial score (nSPS) is 13.2. The van der Waals surface area contributed by atoms with Gasteiger partial charge in [-0.1, -0.05) is 6.07 Å². The molecule has 0 saturated heterocycles. The molecular weight excluding hydrogens is 320 g/mol. The van der Waals surface area contributed by atoms with E-state index in [1.54, 1.807) is 13.8 Å². The Labute approximate surface area is 146 Å². The van der Waals surface area contributed by atoms with Gasteiger partial charge in [0.15, 0.2) is 17.3 Å². The van der Waals surface area contributed by atoms with Crippen LogP contribution in [-0.2, 0) is 6.54 Å². The lowest BCUT2D eigenvalue weighted by Crippen LogP contribution is -2.24. The fourth-order valence-electron chi connectivity index (χ4n) is 3.03. The number of aryl methyl sites for hydroxylation is 1. The molecule has 0 radical (unpaired) electrons. The van der Waals surface area contributed by atoms with Gasteiger partial charge >= 0.3 is 0 Å². The molecule has 1 amide bonds. The van der Waals surface area contributed by atoms with Crippen LogP contribution in [-0.4, -0.2) is 29.9 Å². The Morgan fingerprint density at radius 2 is 1.88 bits per heavy atom. The van der Waals surface area contributed by atoms with E-state index >= 15 is 0 Å². The maximum atomic E-state index is 12.5. The van der Waals surface area contributed by atoms with Gasteiger partial charge in [-0.05, 0) is 37.1 Å². The first-order chi connectivity index (χ1) is 12.0. The summed E-state index contributed by atoms with van der Waals surface area (Å²) in [6, 6.07) is 5.66. The molecule has 25 heavy (non-hydrogen) atoms. The first kappa shape index (κ1) is 17.1. The van der Waals surface area contributed by atoms with Crippen LogP contribution in [0.3, 0.4) is 0 Å². The molecule has 0 saturated carbocycles. The van der Waals surface area contributed by atoms with Crippen LogP contribution in [0.25, 0.3) is 0 Å². The van der Waals surface area contributed by atoms with Crippen molar-refractivity contribution in [2.75, 3.05) is 13.2 Å². The Morgan fingerprint density at radius 3 is 2.56 bits per heavy atom. The lowest BCUT2D eigenvalue weighted by molar-refractivity contribution is 0.0949. The molecule has 1 aliphatic heterocycles. The second kappa shape index (κ2) is 7.01. The van der Waals surface area contributed by atoms with E-state index < -0.39 is 0 Å². The van der Waals surface area contributed by atoms with Crippen molar-refractivity contribution in [3.8, 4) is 11.5 Å². The van der Waals surface area contributed by atoms with Crippen molar-refractivity contribution in [2.24, 2.45) is 0 Å². The van der Waals surface area contributed by atoms with Gasteiger partial charge in [0.1, 0.15) is 0 Å². The van der Waals surface area contributed by atoms with Gasteiger partial charge in [-0.25, -0.2) is 0 Å². The van der Waals surface area contributed by atoms with Crippen molar-refractivity contribution in [3.05, 3.63) is 46.3 Å². The number of benzene rings is 1. The van der Waals surface area contributed by atoms with Crippen LogP contribution < -0.4 is 14.8 Å².